The van der Waals surface area contributed by atoms with Crippen molar-refractivity contribution in [2.24, 2.45) is 0 Å². The van der Waals surface area contributed by atoms with Crippen LogP contribution in [0.2, 0.25) is 5.02 Å². The number of non-ortho nitro benzene ring substituents is 1. The predicted octanol–water partition coefficient (Wildman–Crippen LogP) is 5.37. The number of nitrogens with zero attached hydrogens (tertiary/aromatic N) is 2. The molecule has 0 heterocycles. The van der Waals surface area contributed by atoms with E-state index in [2.05, 4.69) is 10.1 Å². The molecule has 3 aromatic carbocycles. The molecule has 0 saturated carbocycles. The summed E-state index contributed by atoms with van der Waals surface area (Å²) in [5.41, 5.74) is 0.853. The number of hydrogen-bond acceptors (Lipinski definition) is 5. The van der Waals surface area contributed by atoms with E-state index >= 15 is 0 Å². The van der Waals surface area contributed by atoms with Crippen LogP contribution in [0.25, 0.3) is 0 Å². The first kappa shape index (κ1) is 24.6. The maximum atomic E-state index is 13.0. The smallest absolute Gasteiger partial charge is 0.387 e. The summed E-state index contributed by atoms with van der Waals surface area (Å²) in [7, 11) is 1.55. The Morgan fingerprint density at radius 1 is 1.09 bits per heavy atom. The van der Waals surface area contributed by atoms with Crippen molar-refractivity contribution < 1.29 is 28.0 Å². The normalized spacial score (nSPS) is 10.6. The molecule has 0 aliphatic heterocycles. The van der Waals surface area contributed by atoms with E-state index in [1.165, 1.54) is 35.2 Å². The number of carbonyl (C=O) groups excluding carboxylic acids is 2. The van der Waals surface area contributed by atoms with Gasteiger partial charge in [0.05, 0.1) is 26.8 Å². The van der Waals surface area contributed by atoms with Gasteiger partial charge in [-0.1, -0.05) is 35.9 Å². The zero-order chi connectivity index (χ0) is 24.8. The molecule has 0 aliphatic carbocycles. The average Bonchev–Trinajstić information content (AvgIpc) is 2.79. The van der Waals surface area contributed by atoms with Crippen LogP contribution in [-0.2, 0) is 6.54 Å². The van der Waals surface area contributed by atoms with E-state index in [-0.39, 0.29) is 39.8 Å². The van der Waals surface area contributed by atoms with Gasteiger partial charge >= 0.3 is 6.61 Å². The molecule has 0 bridgehead atoms. The van der Waals surface area contributed by atoms with Gasteiger partial charge in [-0.15, -0.1) is 0 Å². The summed E-state index contributed by atoms with van der Waals surface area (Å²) in [5.74, 6) is -1.04. The van der Waals surface area contributed by atoms with Gasteiger partial charge in [0.25, 0.3) is 17.5 Å². The second-order valence-electron chi connectivity index (χ2n) is 7.10. The second kappa shape index (κ2) is 10.7. The molecule has 0 fully saturated rings. The highest BCUT2D eigenvalue weighted by atomic mass is 35.5. The van der Waals surface area contributed by atoms with Crippen molar-refractivity contribution in [3.63, 3.8) is 0 Å². The van der Waals surface area contributed by atoms with Crippen molar-refractivity contribution in [1.82, 2.24) is 4.90 Å². The number of nitro groups is 1. The molecule has 34 heavy (non-hydrogen) atoms. The number of ether oxygens (including phenoxy) is 1. The van der Waals surface area contributed by atoms with Gasteiger partial charge in [-0.25, -0.2) is 0 Å². The summed E-state index contributed by atoms with van der Waals surface area (Å²) < 4.78 is 28.9. The number of hydrogen-bond donors (Lipinski definition) is 1. The molecule has 0 spiro atoms. The lowest BCUT2D eigenvalue weighted by Gasteiger charge is -2.20. The number of halogens is 3. The number of benzene rings is 3. The van der Waals surface area contributed by atoms with Crippen molar-refractivity contribution in [3.05, 3.63) is 98.6 Å². The topological polar surface area (TPSA) is 102 Å². The number of rotatable bonds is 8. The predicted molar refractivity (Wildman–Crippen MR) is 121 cm³/mol. The number of amides is 2. The average molecular weight is 490 g/mol. The fourth-order valence-electron chi connectivity index (χ4n) is 3.10. The van der Waals surface area contributed by atoms with Crippen molar-refractivity contribution in [2.45, 2.75) is 13.2 Å². The molecule has 0 aromatic heterocycles. The van der Waals surface area contributed by atoms with Gasteiger partial charge in [0.2, 0.25) is 0 Å². The largest absolute Gasteiger partial charge is 0.435 e. The first-order valence-corrected chi connectivity index (χ1v) is 10.2. The minimum Gasteiger partial charge on any atom is -0.435 e. The summed E-state index contributed by atoms with van der Waals surface area (Å²) in [6, 6.07) is 15.7. The van der Waals surface area contributed by atoms with Gasteiger partial charge in [0.1, 0.15) is 5.75 Å². The van der Waals surface area contributed by atoms with Crippen molar-refractivity contribution >= 4 is 34.8 Å². The van der Waals surface area contributed by atoms with Gasteiger partial charge in [0, 0.05) is 25.7 Å². The highest BCUT2D eigenvalue weighted by Crippen LogP contribution is 2.25. The van der Waals surface area contributed by atoms with Gasteiger partial charge in [0.15, 0.2) is 0 Å². The summed E-state index contributed by atoms with van der Waals surface area (Å²) >= 11 is 6.03. The fraction of sp³-hybridized carbons (Fsp3) is 0.130. The molecule has 11 heteroatoms. The molecule has 3 aromatic rings. The van der Waals surface area contributed by atoms with E-state index in [9.17, 15) is 28.5 Å². The second-order valence-corrected chi connectivity index (χ2v) is 7.51. The molecule has 2 amide bonds. The van der Waals surface area contributed by atoms with E-state index in [4.69, 9.17) is 11.6 Å². The Morgan fingerprint density at radius 2 is 1.76 bits per heavy atom. The number of alkyl halides is 2. The fourth-order valence-corrected chi connectivity index (χ4v) is 3.36. The van der Waals surface area contributed by atoms with Crippen molar-refractivity contribution in [2.75, 3.05) is 12.4 Å². The maximum Gasteiger partial charge on any atom is 0.387 e. The van der Waals surface area contributed by atoms with Crippen LogP contribution in [0.1, 0.15) is 26.3 Å². The Bertz CT molecular complexity index is 1220. The third kappa shape index (κ3) is 6.04. The zero-order valence-electron chi connectivity index (χ0n) is 17.7. The Balaban J connectivity index is 1.74. The van der Waals surface area contributed by atoms with E-state index in [1.54, 1.807) is 31.3 Å². The number of nitrogens with one attached hydrogen (secondary N) is 1. The van der Waals surface area contributed by atoms with Crippen LogP contribution in [0.5, 0.6) is 5.75 Å². The molecule has 0 atom stereocenters. The molecular weight excluding hydrogens is 472 g/mol. The minimum atomic E-state index is -2.93. The summed E-state index contributed by atoms with van der Waals surface area (Å²) in [4.78, 5) is 37.4. The quantitative estimate of drug-likeness (QED) is 0.338. The van der Waals surface area contributed by atoms with Crippen LogP contribution >= 0.6 is 11.6 Å². The van der Waals surface area contributed by atoms with Gasteiger partial charge in [-0.3, -0.25) is 19.7 Å². The molecule has 1 N–H and O–H groups in total. The van der Waals surface area contributed by atoms with Crippen LogP contribution in [-0.4, -0.2) is 35.3 Å². The Hall–Kier alpha value is -4.05. The zero-order valence-corrected chi connectivity index (χ0v) is 18.5. The van der Waals surface area contributed by atoms with Gasteiger partial charge in [-0.2, -0.15) is 8.78 Å². The van der Waals surface area contributed by atoms with E-state index < -0.39 is 23.3 Å². The molecule has 0 aliphatic rings. The van der Waals surface area contributed by atoms with Gasteiger partial charge in [-0.05, 0) is 35.9 Å². The molecule has 8 nitrogen and oxygen atoms in total. The number of nitro benzene ring substituents is 1. The molecule has 0 saturated heterocycles. The van der Waals surface area contributed by atoms with Crippen LogP contribution in [0.15, 0.2) is 66.7 Å². The first-order valence-electron chi connectivity index (χ1n) is 9.79. The summed E-state index contributed by atoms with van der Waals surface area (Å²) in [5, 5.41) is 13.4. The maximum absolute atomic E-state index is 13.0. The minimum absolute atomic E-state index is 0.00527. The summed E-state index contributed by atoms with van der Waals surface area (Å²) in [6.45, 7) is -2.76. The lowest BCUT2D eigenvalue weighted by atomic mass is 10.1. The van der Waals surface area contributed by atoms with Crippen LogP contribution in [0.4, 0.5) is 20.2 Å². The SMILES string of the molecule is CN(Cc1ccc(OC(F)F)cc1)C(=O)c1ccccc1NC(=O)c1ccc([N+](=O)[O-])cc1Cl. The molecule has 0 radical (unpaired) electrons. The Labute approximate surface area is 197 Å². The van der Waals surface area contributed by atoms with Crippen molar-refractivity contribution in [1.29, 1.82) is 0 Å². The van der Waals surface area contributed by atoms with Gasteiger partial charge < -0.3 is 15.0 Å². The highest BCUT2D eigenvalue weighted by Gasteiger charge is 2.20. The van der Waals surface area contributed by atoms with Crippen molar-refractivity contribution in [3.8, 4) is 5.75 Å². The molecular formula is C23H18ClF2N3O5. The number of para-hydroxylation sites is 1. The van der Waals surface area contributed by atoms with Crippen LogP contribution < -0.4 is 10.1 Å². The van der Waals surface area contributed by atoms with Crippen LogP contribution in [0.3, 0.4) is 0 Å². The standard InChI is InChI=1S/C23H18ClF2N3O5/c1-28(13-14-6-9-16(10-7-14)34-23(25)26)22(31)18-4-2-3-5-20(18)27-21(30)17-11-8-15(29(32)33)12-19(17)24/h2-12,23H,13H2,1H3,(H,27,30). The molecule has 3 rings (SSSR count). The number of anilines is 1. The highest BCUT2D eigenvalue weighted by molar-refractivity contribution is 6.34. The Kier molecular flexibility index (Phi) is 7.75. The third-order valence-corrected chi connectivity index (χ3v) is 5.04. The molecule has 176 valence electrons. The third-order valence-electron chi connectivity index (χ3n) is 4.73. The van der Waals surface area contributed by atoms with E-state index in [0.717, 1.165) is 12.1 Å². The Morgan fingerprint density at radius 3 is 2.38 bits per heavy atom. The molecule has 0 unspecified atom stereocenters. The first-order chi connectivity index (χ1) is 16.2. The van der Waals surface area contributed by atoms with Crippen LogP contribution in [0, 0.1) is 10.1 Å². The lowest BCUT2D eigenvalue weighted by molar-refractivity contribution is -0.384. The van der Waals surface area contributed by atoms with E-state index in [0.29, 0.717) is 5.56 Å². The monoisotopic (exact) mass is 489 g/mol. The lowest BCUT2D eigenvalue weighted by Crippen LogP contribution is -2.27. The van der Waals surface area contributed by atoms with E-state index in [1.807, 2.05) is 0 Å². The summed E-state index contributed by atoms with van der Waals surface area (Å²) in [6.07, 6.45) is 0. The number of carbonyl (C=O) groups is 2.